The number of nitro groups is 1. The summed E-state index contributed by atoms with van der Waals surface area (Å²) in [5.41, 5.74) is 0.838. The molecule has 0 saturated heterocycles. The Labute approximate surface area is 167 Å². The van der Waals surface area contributed by atoms with Gasteiger partial charge >= 0.3 is 5.97 Å². The number of carbonyl (C=O) groups is 2. The summed E-state index contributed by atoms with van der Waals surface area (Å²) in [6.45, 7) is 0. The van der Waals surface area contributed by atoms with Gasteiger partial charge in [-0.2, -0.15) is 0 Å². The molecule has 0 spiro atoms. The van der Waals surface area contributed by atoms with Crippen molar-refractivity contribution < 1.29 is 28.7 Å². The van der Waals surface area contributed by atoms with Crippen molar-refractivity contribution in [1.29, 1.82) is 0 Å². The average molecular weight is 402 g/mol. The molecule has 9 heteroatoms. The van der Waals surface area contributed by atoms with Gasteiger partial charge in [-0.05, 0) is 11.6 Å². The number of carbonyl (C=O) groups excluding carboxylic acids is 2. The molecule has 0 bridgehead atoms. The number of non-ortho nitro benzene ring substituents is 1. The van der Waals surface area contributed by atoms with Gasteiger partial charge in [0.2, 0.25) is 0 Å². The van der Waals surface area contributed by atoms with Gasteiger partial charge in [0.05, 0.1) is 19.1 Å². The second kappa shape index (κ2) is 10.2. The number of methoxy groups -OCH3 is 3. The predicted molar refractivity (Wildman–Crippen MR) is 103 cm³/mol. The number of hydrogen-bond donors (Lipinski definition) is 1. The van der Waals surface area contributed by atoms with Crippen molar-refractivity contribution in [3.05, 3.63) is 69.8 Å². The fourth-order valence-electron chi connectivity index (χ4n) is 2.86. The highest BCUT2D eigenvalue weighted by atomic mass is 16.6. The maximum absolute atomic E-state index is 12.7. The van der Waals surface area contributed by atoms with Crippen LogP contribution in [-0.2, 0) is 25.5 Å². The highest BCUT2D eigenvalue weighted by Gasteiger charge is 2.28. The summed E-state index contributed by atoms with van der Waals surface area (Å²) >= 11 is 0. The van der Waals surface area contributed by atoms with E-state index in [1.165, 1.54) is 39.5 Å². The van der Waals surface area contributed by atoms with E-state index in [-0.39, 0.29) is 12.1 Å². The largest absolute Gasteiger partial charge is 0.496 e. The first-order valence-electron chi connectivity index (χ1n) is 8.68. The molecule has 0 saturated carbocycles. The van der Waals surface area contributed by atoms with E-state index in [1.54, 1.807) is 30.3 Å². The Bertz CT molecular complexity index is 870. The Balaban J connectivity index is 2.28. The minimum atomic E-state index is -1.09. The van der Waals surface area contributed by atoms with Crippen LogP contribution in [0.25, 0.3) is 0 Å². The quantitative estimate of drug-likeness (QED) is 0.388. The zero-order chi connectivity index (χ0) is 21.4. The first-order chi connectivity index (χ1) is 13.9. The lowest BCUT2D eigenvalue weighted by atomic mass is 10.0. The number of nitrogens with one attached hydrogen (secondary N) is 1. The minimum Gasteiger partial charge on any atom is -0.496 e. The number of nitrogens with zero attached hydrogens (tertiary/aromatic N) is 1. The number of esters is 1. The van der Waals surface area contributed by atoms with Gasteiger partial charge in [-0.25, -0.2) is 4.79 Å². The molecule has 154 valence electrons. The fraction of sp³-hybridized carbons (Fsp3) is 0.300. The minimum absolute atomic E-state index is 0.0610. The molecule has 2 rings (SSSR count). The topological polar surface area (TPSA) is 117 Å². The maximum Gasteiger partial charge on any atom is 0.328 e. The number of ether oxygens (including phenoxy) is 3. The molecule has 0 fully saturated rings. The molecule has 29 heavy (non-hydrogen) atoms. The van der Waals surface area contributed by atoms with Gasteiger partial charge in [0.1, 0.15) is 11.8 Å². The van der Waals surface area contributed by atoms with E-state index < -0.39 is 28.9 Å². The molecule has 0 aliphatic heterocycles. The number of rotatable bonds is 9. The van der Waals surface area contributed by atoms with Crippen molar-refractivity contribution in [2.75, 3.05) is 21.3 Å². The highest BCUT2D eigenvalue weighted by molar-refractivity contribution is 5.88. The number of benzene rings is 2. The Kier molecular flexibility index (Phi) is 7.67. The lowest BCUT2D eigenvalue weighted by Crippen LogP contribution is -2.45. The molecule has 2 atom stereocenters. The molecule has 2 aromatic carbocycles. The summed E-state index contributed by atoms with van der Waals surface area (Å²) in [4.78, 5) is 35.5. The van der Waals surface area contributed by atoms with E-state index >= 15 is 0 Å². The van der Waals surface area contributed by atoms with E-state index in [2.05, 4.69) is 5.32 Å². The van der Waals surface area contributed by atoms with Crippen LogP contribution in [-0.4, -0.2) is 44.2 Å². The third-order valence-corrected chi connectivity index (χ3v) is 4.28. The fourth-order valence-corrected chi connectivity index (χ4v) is 2.86. The Morgan fingerprint density at radius 1 is 1.10 bits per heavy atom. The molecule has 2 aromatic rings. The van der Waals surface area contributed by atoms with Gasteiger partial charge in [-0.1, -0.05) is 30.3 Å². The molecule has 0 radical (unpaired) electrons. The third-order valence-electron chi connectivity index (χ3n) is 4.28. The zero-order valence-corrected chi connectivity index (χ0v) is 16.3. The van der Waals surface area contributed by atoms with Crippen molar-refractivity contribution in [2.24, 2.45) is 0 Å². The Morgan fingerprint density at radius 3 is 2.34 bits per heavy atom. The number of amides is 1. The van der Waals surface area contributed by atoms with Gasteiger partial charge in [0, 0.05) is 31.2 Å². The van der Waals surface area contributed by atoms with Crippen LogP contribution >= 0.6 is 0 Å². The van der Waals surface area contributed by atoms with Gasteiger partial charge < -0.3 is 19.5 Å². The molecule has 0 heterocycles. The van der Waals surface area contributed by atoms with Crippen LogP contribution in [0.4, 0.5) is 5.69 Å². The average Bonchev–Trinajstić information content (AvgIpc) is 2.73. The van der Waals surface area contributed by atoms with Crippen LogP contribution in [0.1, 0.15) is 17.2 Å². The van der Waals surface area contributed by atoms with Crippen LogP contribution in [0.5, 0.6) is 5.75 Å². The molecule has 1 amide bonds. The normalized spacial score (nSPS) is 12.5. The summed E-state index contributed by atoms with van der Waals surface area (Å²) in [7, 11) is 3.98. The molecule has 0 aliphatic rings. The summed E-state index contributed by atoms with van der Waals surface area (Å²) in [5, 5.41) is 13.7. The van der Waals surface area contributed by atoms with Crippen molar-refractivity contribution in [2.45, 2.75) is 18.6 Å². The van der Waals surface area contributed by atoms with E-state index in [4.69, 9.17) is 14.2 Å². The highest BCUT2D eigenvalue weighted by Crippen LogP contribution is 2.26. The van der Waals surface area contributed by atoms with Gasteiger partial charge in [-0.3, -0.25) is 14.9 Å². The predicted octanol–water partition coefficient (Wildman–Crippen LogP) is 2.19. The van der Waals surface area contributed by atoms with Crippen LogP contribution in [0.15, 0.2) is 48.5 Å². The second-order valence-corrected chi connectivity index (χ2v) is 6.07. The molecule has 9 nitrogen and oxygen atoms in total. The molecule has 0 aromatic heterocycles. The molecule has 0 unspecified atom stereocenters. The first kappa shape index (κ1) is 21.8. The summed E-state index contributed by atoms with van der Waals surface area (Å²) < 4.78 is 15.3. The van der Waals surface area contributed by atoms with Crippen molar-refractivity contribution in [3.63, 3.8) is 0 Å². The molecular weight excluding hydrogens is 380 g/mol. The maximum atomic E-state index is 12.7. The van der Waals surface area contributed by atoms with Gasteiger partial charge in [0.15, 0.2) is 6.10 Å². The van der Waals surface area contributed by atoms with Crippen LogP contribution in [0.3, 0.4) is 0 Å². The number of hydrogen-bond acceptors (Lipinski definition) is 7. The monoisotopic (exact) mass is 402 g/mol. The van der Waals surface area contributed by atoms with Gasteiger partial charge in [-0.15, -0.1) is 0 Å². The standard InChI is InChI=1S/C20H22N2O7/c1-27-17-10-9-15(22(25)26)11-14(17)12-16(20(24)29-3)21-19(23)18(28-2)13-7-5-4-6-8-13/h4-11,16,18H,12H2,1-3H3,(H,21,23)/t16-,18+/m1/s1. The van der Waals surface area contributed by atoms with E-state index in [0.29, 0.717) is 16.9 Å². The summed E-state index contributed by atoms with van der Waals surface area (Å²) in [5.74, 6) is -0.890. The second-order valence-electron chi connectivity index (χ2n) is 6.07. The van der Waals surface area contributed by atoms with E-state index in [9.17, 15) is 19.7 Å². The zero-order valence-electron chi connectivity index (χ0n) is 16.3. The SMILES string of the molecule is COC(=O)[C@@H](Cc1cc([N+](=O)[O-])ccc1OC)NC(=O)[C@@H](OC)c1ccccc1. The van der Waals surface area contributed by atoms with E-state index in [0.717, 1.165) is 0 Å². The first-order valence-corrected chi connectivity index (χ1v) is 8.68. The smallest absolute Gasteiger partial charge is 0.328 e. The van der Waals surface area contributed by atoms with Crippen LogP contribution < -0.4 is 10.1 Å². The van der Waals surface area contributed by atoms with Crippen LogP contribution in [0.2, 0.25) is 0 Å². The molecular formula is C20H22N2O7. The summed E-state index contributed by atoms with van der Waals surface area (Å²) in [6.07, 6.45) is -0.996. The molecule has 1 N–H and O–H groups in total. The summed E-state index contributed by atoms with van der Waals surface area (Å²) in [6, 6.07) is 11.7. The molecule has 0 aliphatic carbocycles. The Morgan fingerprint density at radius 2 is 1.79 bits per heavy atom. The van der Waals surface area contributed by atoms with Crippen molar-refractivity contribution in [3.8, 4) is 5.75 Å². The lowest BCUT2D eigenvalue weighted by molar-refractivity contribution is -0.384. The number of nitro benzene ring substituents is 1. The van der Waals surface area contributed by atoms with E-state index in [1.807, 2.05) is 0 Å². The van der Waals surface area contributed by atoms with Crippen molar-refractivity contribution in [1.82, 2.24) is 5.32 Å². The van der Waals surface area contributed by atoms with Crippen molar-refractivity contribution >= 4 is 17.6 Å². The Hall–Kier alpha value is -3.46. The van der Waals surface area contributed by atoms with Gasteiger partial charge in [0.25, 0.3) is 11.6 Å². The lowest BCUT2D eigenvalue weighted by Gasteiger charge is -2.21. The van der Waals surface area contributed by atoms with Crippen LogP contribution in [0, 0.1) is 10.1 Å². The third kappa shape index (κ3) is 5.52.